The minimum absolute atomic E-state index is 0.0520. The standard InChI is InChI=1S/C12H19NO5/c1-8(18-6-9-2-3-9)11(14)13-4-5-17-7-10(13)12(15)16/h8-10H,2-7H2,1H3,(H,15,16)/t8-,10-/m0/s1. The Hall–Kier alpha value is -1.14. The zero-order valence-corrected chi connectivity index (χ0v) is 10.5. The van der Waals surface area contributed by atoms with Crippen LogP contribution in [0.25, 0.3) is 0 Å². The van der Waals surface area contributed by atoms with E-state index < -0.39 is 18.1 Å². The topological polar surface area (TPSA) is 76.1 Å². The molecule has 0 radical (unpaired) electrons. The number of amides is 1. The van der Waals surface area contributed by atoms with Crippen molar-refractivity contribution in [1.82, 2.24) is 4.90 Å². The van der Waals surface area contributed by atoms with E-state index in [-0.39, 0.29) is 12.5 Å². The van der Waals surface area contributed by atoms with Crippen molar-refractivity contribution in [1.29, 1.82) is 0 Å². The highest BCUT2D eigenvalue weighted by Crippen LogP contribution is 2.29. The fraction of sp³-hybridized carbons (Fsp3) is 0.833. The summed E-state index contributed by atoms with van der Waals surface area (Å²) in [7, 11) is 0. The second-order valence-electron chi connectivity index (χ2n) is 4.88. The van der Waals surface area contributed by atoms with Gasteiger partial charge in [-0.2, -0.15) is 0 Å². The van der Waals surface area contributed by atoms with Crippen molar-refractivity contribution in [3.05, 3.63) is 0 Å². The quantitative estimate of drug-likeness (QED) is 0.756. The molecule has 1 heterocycles. The van der Waals surface area contributed by atoms with Gasteiger partial charge in [-0.3, -0.25) is 4.79 Å². The van der Waals surface area contributed by atoms with E-state index in [9.17, 15) is 9.59 Å². The van der Waals surface area contributed by atoms with E-state index in [1.54, 1.807) is 6.92 Å². The first kappa shape index (κ1) is 13.3. The Labute approximate surface area is 106 Å². The number of ether oxygens (including phenoxy) is 2. The van der Waals surface area contributed by atoms with Crippen LogP contribution < -0.4 is 0 Å². The molecule has 2 fully saturated rings. The Morgan fingerprint density at radius 1 is 1.50 bits per heavy atom. The predicted octanol–water partition coefficient (Wildman–Crippen LogP) is 0.114. The largest absolute Gasteiger partial charge is 0.480 e. The molecule has 1 saturated heterocycles. The minimum Gasteiger partial charge on any atom is -0.480 e. The van der Waals surface area contributed by atoms with Crippen LogP contribution in [0.1, 0.15) is 19.8 Å². The molecule has 0 spiro atoms. The first-order valence-corrected chi connectivity index (χ1v) is 6.32. The zero-order chi connectivity index (χ0) is 13.1. The van der Waals surface area contributed by atoms with Crippen molar-refractivity contribution < 1.29 is 24.2 Å². The Bertz CT molecular complexity index is 328. The molecule has 1 amide bonds. The van der Waals surface area contributed by atoms with E-state index in [1.165, 1.54) is 4.90 Å². The maximum atomic E-state index is 12.1. The van der Waals surface area contributed by atoms with E-state index in [4.69, 9.17) is 14.6 Å². The third-order valence-corrected chi connectivity index (χ3v) is 3.32. The molecule has 0 aromatic carbocycles. The highest BCUT2D eigenvalue weighted by molar-refractivity contribution is 5.86. The van der Waals surface area contributed by atoms with Crippen LogP contribution in [0.15, 0.2) is 0 Å². The molecule has 0 aromatic rings. The summed E-state index contributed by atoms with van der Waals surface area (Å²) in [6, 6.07) is -0.891. The third-order valence-electron chi connectivity index (χ3n) is 3.32. The smallest absolute Gasteiger partial charge is 0.328 e. The molecule has 6 heteroatoms. The number of morpholine rings is 1. The van der Waals surface area contributed by atoms with Crippen molar-refractivity contribution in [3.8, 4) is 0 Å². The van der Waals surface area contributed by atoms with Crippen LogP contribution in [-0.2, 0) is 19.1 Å². The Kier molecular flexibility index (Phi) is 4.19. The van der Waals surface area contributed by atoms with Gasteiger partial charge in [0, 0.05) is 6.54 Å². The summed E-state index contributed by atoms with van der Waals surface area (Å²) in [5.74, 6) is -0.705. The van der Waals surface area contributed by atoms with Gasteiger partial charge in [0.15, 0.2) is 6.04 Å². The second kappa shape index (κ2) is 5.67. The maximum absolute atomic E-state index is 12.1. The van der Waals surface area contributed by atoms with Gasteiger partial charge >= 0.3 is 5.97 Å². The second-order valence-corrected chi connectivity index (χ2v) is 4.88. The number of carboxylic acids is 1. The number of carboxylic acid groups (broad SMARTS) is 1. The average Bonchev–Trinajstić information content (AvgIpc) is 3.19. The van der Waals surface area contributed by atoms with Crippen LogP contribution in [0.5, 0.6) is 0 Å². The normalized spacial score (nSPS) is 25.8. The molecule has 2 rings (SSSR count). The molecule has 18 heavy (non-hydrogen) atoms. The van der Waals surface area contributed by atoms with Crippen LogP contribution in [-0.4, -0.2) is 60.4 Å². The molecule has 1 saturated carbocycles. The van der Waals surface area contributed by atoms with Gasteiger partial charge in [-0.05, 0) is 25.7 Å². The van der Waals surface area contributed by atoms with E-state index in [2.05, 4.69) is 0 Å². The number of hydrogen-bond acceptors (Lipinski definition) is 4. The van der Waals surface area contributed by atoms with E-state index in [1.807, 2.05) is 0 Å². The Morgan fingerprint density at radius 3 is 2.83 bits per heavy atom. The summed E-state index contributed by atoms with van der Waals surface area (Å²) in [5.41, 5.74) is 0. The molecule has 1 aliphatic heterocycles. The van der Waals surface area contributed by atoms with Crippen molar-refractivity contribution in [2.75, 3.05) is 26.4 Å². The van der Waals surface area contributed by atoms with Gasteiger partial charge in [-0.1, -0.05) is 0 Å². The van der Waals surface area contributed by atoms with Gasteiger partial charge in [-0.25, -0.2) is 4.79 Å². The fourth-order valence-electron chi connectivity index (χ4n) is 1.94. The first-order valence-electron chi connectivity index (χ1n) is 6.32. The monoisotopic (exact) mass is 257 g/mol. The average molecular weight is 257 g/mol. The highest BCUT2D eigenvalue weighted by atomic mass is 16.5. The zero-order valence-electron chi connectivity index (χ0n) is 10.5. The summed E-state index contributed by atoms with van der Waals surface area (Å²) in [5, 5.41) is 9.05. The number of carbonyl (C=O) groups excluding carboxylic acids is 1. The SMILES string of the molecule is C[C@H](OCC1CC1)C(=O)N1CCOC[C@H]1C(=O)O. The molecule has 102 valence electrons. The highest BCUT2D eigenvalue weighted by Gasteiger charge is 2.35. The van der Waals surface area contributed by atoms with Crippen molar-refractivity contribution in [3.63, 3.8) is 0 Å². The molecule has 2 aliphatic rings. The number of hydrogen-bond donors (Lipinski definition) is 1. The lowest BCUT2D eigenvalue weighted by atomic mass is 10.2. The lowest BCUT2D eigenvalue weighted by molar-refractivity contribution is -0.163. The lowest BCUT2D eigenvalue weighted by Crippen LogP contribution is -2.55. The molecule has 0 aromatic heterocycles. The van der Waals surface area contributed by atoms with Gasteiger partial charge in [0.1, 0.15) is 6.10 Å². The molecular weight excluding hydrogens is 238 g/mol. The van der Waals surface area contributed by atoms with Crippen LogP contribution in [0, 0.1) is 5.92 Å². The van der Waals surface area contributed by atoms with Gasteiger partial charge < -0.3 is 19.5 Å². The van der Waals surface area contributed by atoms with Gasteiger partial charge in [0.05, 0.1) is 19.8 Å². The third kappa shape index (κ3) is 3.20. The van der Waals surface area contributed by atoms with Crippen molar-refractivity contribution in [2.24, 2.45) is 5.92 Å². The Morgan fingerprint density at radius 2 is 2.22 bits per heavy atom. The van der Waals surface area contributed by atoms with Crippen molar-refractivity contribution >= 4 is 11.9 Å². The number of nitrogens with zero attached hydrogens (tertiary/aromatic N) is 1. The van der Waals surface area contributed by atoms with E-state index >= 15 is 0 Å². The summed E-state index contributed by atoms with van der Waals surface area (Å²) < 4.78 is 10.6. The van der Waals surface area contributed by atoms with Gasteiger partial charge in [0.25, 0.3) is 5.91 Å². The molecule has 0 bridgehead atoms. The molecule has 6 nitrogen and oxygen atoms in total. The van der Waals surface area contributed by atoms with Crippen LogP contribution in [0.3, 0.4) is 0 Å². The maximum Gasteiger partial charge on any atom is 0.328 e. The van der Waals surface area contributed by atoms with Crippen LogP contribution in [0.2, 0.25) is 0 Å². The number of aliphatic carboxylic acids is 1. The molecular formula is C12H19NO5. The summed E-state index contributed by atoms with van der Waals surface area (Å²) in [6.45, 7) is 3.02. The molecule has 1 N–H and O–H groups in total. The number of rotatable bonds is 5. The fourth-order valence-corrected chi connectivity index (χ4v) is 1.94. The summed E-state index contributed by atoms with van der Waals surface area (Å²) >= 11 is 0. The molecule has 1 aliphatic carbocycles. The molecule has 0 unspecified atom stereocenters. The van der Waals surface area contributed by atoms with Crippen LogP contribution >= 0.6 is 0 Å². The van der Waals surface area contributed by atoms with Gasteiger partial charge in [0.2, 0.25) is 0 Å². The predicted molar refractivity (Wildman–Crippen MR) is 62.1 cm³/mol. The first-order chi connectivity index (χ1) is 8.59. The van der Waals surface area contributed by atoms with E-state index in [0.29, 0.717) is 25.7 Å². The van der Waals surface area contributed by atoms with E-state index in [0.717, 1.165) is 12.8 Å². The van der Waals surface area contributed by atoms with Crippen molar-refractivity contribution in [2.45, 2.75) is 31.9 Å². The summed E-state index contributed by atoms with van der Waals surface area (Å²) in [6.07, 6.45) is 1.75. The Balaban J connectivity index is 1.89. The minimum atomic E-state index is -1.03. The molecule has 2 atom stereocenters. The van der Waals surface area contributed by atoms with Gasteiger partial charge in [-0.15, -0.1) is 0 Å². The lowest BCUT2D eigenvalue weighted by Gasteiger charge is -2.34. The van der Waals surface area contributed by atoms with Crippen LogP contribution in [0.4, 0.5) is 0 Å². The number of carbonyl (C=O) groups is 2. The summed E-state index contributed by atoms with van der Waals surface area (Å²) in [4.78, 5) is 24.5.